The predicted molar refractivity (Wildman–Crippen MR) is 292 cm³/mol. The van der Waals surface area contributed by atoms with Gasteiger partial charge in [-0.3, -0.25) is 0 Å². The first kappa shape index (κ1) is 43.8. The maximum Gasteiger partial charge on any atom is 0.192 e. The largest absolute Gasteiger partial charge is 0.468 e. The lowest BCUT2D eigenvalue weighted by Gasteiger charge is -2.30. The van der Waals surface area contributed by atoms with Crippen LogP contribution in [0.1, 0.15) is 48.8 Å². The molecule has 6 heteroatoms. The summed E-state index contributed by atoms with van der Waals surface area (Å²) < 4.78 is 6.88. The van der Waals surface area contributed by atoms with Crippen LogP contribution < -0.4 is 15.5 Å². The van der Waals surface area contributed by atoms with E-state index in [0.29, 0.717) is 5.71 Å². The molecule has 6 nitrogen and oxygen atoms in total. The number of hydrogen-bond donors (Lipinski definition) is 3. The molecular formula is C65H55N5O. The van der Waals surface area contributed by atoms with Crippen molar-refractivity contribution >= 4 is 22.9 Å². The minimum atomic E-state index is -0.208. The highest BCUT2D eigenvalue weighted by atomic mass is 16.5. The summed E-state index contributed by atoms with van der Waals surface area (Å²) in [5.74, 6) is 1.92. The van der Waals surface area contributed by atoms with E-state index in [2.05, 4.69) is 223 Å². The zero-order chi connectivity index (χ0) is 47.9. The molecule has 3 heterocycles. The molecule has 0 radical (unpaired) electrons. The summed E-state index contributed by atoms with van der Waals surface area (Å²) in [6.45, 7) is 2.29. The van der Waals surface area contributed by atoms with Crippen LogP contribution in [0.25, 0.3) is 50.3 Å². The van der Waals surface area contributed by atoms with Gasteiger partial charge in [0.2, 0.25) is 0 Å². The minimum absolute atomic E-state index is 0.0177. The van der Waals surface area contributed by atoms with Crippen molar-refractivity contribution in [1.82, 2.24) is 15.6 Å². The Labute approximate surface area is 417 Å². The van der Waals surface area contributed by atoms with Crippen molar-refractivity contribution in [3.05, 3.63) is 264 Å². The Hall–Kier alpha value is -8.48. The average Bonchev–Trinajstić information content (AvgIpc) is 4.03. The van der Waals surface area contributed by atoms with Gasteiger partial charge in [-0.1, -0.05) is 201 Å². The zero-order valence-electron chi connectivity index (χ0n) is 40.0. The van der Waals surface area contributed by atoms with Gasteiger partial charge in [0.1, 0.15) is 11.6 Å². The molecule has 0 spiro atoms. The number of benzene rings is 6. The molecule has 3 N–H and O–H groups in total. The molecule has 12 rings (SSSR count). The molecule has 3 aliphatic carbocycles. The third kappa shape index (κ3) is 8.35. The SMILES string of the molecule is CN/C(=C\C(=N)C1=CCC(C)(c2cccc(-c3ccc(-c4cc(-c5ccc(-c6ccccc6)cc5)cc(N5c6ccccc6C6C7=C(C=CC65)NC(C5=CC=CCC5)O7)n4)cc3)c2)C=C1)c1ccccc1. The number of aromatic nitrogens is 1. The number of pyridine rings is 1. The van der Waals surface area contributed by atoms with E-state index in [1.807, 2.05) is 31.3 Å². The Balaban J connectivity index is 0.854. The summed E-state index contributed by atoms with van der Waals surface area (Å²) >= 11 is 0. The van der Waals surface area contributed by atoms with Crippen LogP contribution in [0.3, 0.4) is 0 Å². The second-order valence-corrected chi connectivity index (χ2v) is 19.3. The maximum atomic E-state index is 8.94. The van der Waals surface area contributed by atoms with Gasteiger partial charge in [-0.05, 0) is 111 Å². The van der Waals surface area contributed by atoms with Crippen LogP contribution >= 0.6 is 0 Å². The van der Waals surface area contributed by atoms with Gasteiger partial charge in [-0.15, -0.1) is 0 Å². The van der Waals surface area contributed by atoms with Crippen molar-refractivity contribution < 1.29 is 4.74 Å². The molecule has 0 fully saturated rings. The third-order valence-corrected chi connectivity index (χ3v) is 14.8. The highest BCUT2D eigenvalue weighted by molar-refractivity contribution is 6.11. The molecule has 2 aliphatic heterocycles. The summed E-state index contributed by atoms with van der Waals surface area (Å²) in [6, 6.07) is 60.7. The van der Waals surface area contributed by atoms with Gasteiger partial charge >= 0.3 is 0 Å². The van der Waals surface area contributed by atoms with Crippen LogP contribution in [0.15, 0.2) is 247 Å². The highest BCUT2D eigenvalue weighted by Crippen LogP contribution is 2.53. The summed E-state index contributed by atoms with van der Waals surface area (Å²) in [5, 5.41) is 15.9. The van der Waals surface area contributed by atoms with Crippen LogP contribution in [0.4, 0.5) is 11.5 Å². The van der Waals surface area contributed by atoms with Crippen molar-refractivity contribution in [2.24, 2.45) is 0 Å². The van der Waals surface area contributed by atoms with E-state index in [4.69, 9.17) is 15.1 Å². The molecule has 5 aliphatic rings. The van der Waals surface area contributed by atoms with Gasteiger partial charge in [0.05, 0.1) is 29.1 Å². The normalized spacial score (nSPS) is 20.8. The molecule has 0 saturated carbocycles. The Bertz CT molecular complexity index is 3410. The second-order valence-electron chi connectivity index (χ2n) is 19.3. The van der Waals surface area contributed by atoms with E-state index >= 15 is 0 Å². The molecule has 1 aromatic heterocycles. The predicted octanol–water partition coefficient (Wildman–Crippen LogP) is 14.8. The standard InChI is InChI=1S/C65H55N5O/c1-65(37-35-47(36-38-65)55(66)42-57(67-2)48-17-8-4-9-18-48)53-22-14-21-51(39-53)45-29-31-49(32-30-45)58-40-52(46-27-25-44(26-28-46)43-15-6-3-7-16-43)41-61(68-58)70-59-24-13-12-23-54(59)62-60(70)34-33-56-63(62)71-64(69-56)50-19-10-5-11-20-50/h3-10,12-19,21-37,39-42,60,62,64,66-67,69H,11,20,38H2,1-2H3/b57-42-,66-55?. The number of rotatable bonds is 11. The van der Waals surface area contributed by atoms with Crippen LogP contribution in [0.5, 0.6) is 0 Å². The summed E-state index contributed by atoms with van der Waals surface area (Å²) in [5.41, 5.74) is 18.1. The van der Waals surface area contributed by atoms with E-state index in [1.54, 1.807) is 0 Å². The number of allylic oxidation sites excluding steroid dienone is 9. The van der Waals surface area contributed by atoms with Crippen molar-refractivity contribution in [3.63, 3.8) is 0 Å². The molecular weight excluding hydrogens is 867 g/mol. The van der Waals surface area contributed by atoms with Gasteiger partial charge in [0.15, 0.2) is 6.23 Å². The number of anilines is 2. The van der Waals surface area contributed by atoms with E-state index < -0.39 is 0 Å². The van der Waals surface area contributed by atoms with Crippen LogP contribution in [0.2, 0.25) is 0 Å². The molecule has 6 aromatic carbocycles. The third-order valence-electron chi connectivity index (χ3n) is 14.8. The second kappa shape index (κ2) is 18.4. The lowest BCUT2D eigenvalue weighted by atomic mass is 9.75. The Kier molecular flexibility index (Phi) is 11.4. The van der Waals surface area contributed by atoms with Crippen molar-refractivity contribution in [3.8, 4) is 44.6 Å². The summed E-state index contributed by atoms with van der Waals surface area (Å²) in [4.78, 5) is 7.97. The number of hydrogen-bond acceptors (Lipinski definition) is 6. The Morgan fingerprint density at radius 3 is 2.17 bits per heavy atom. The monoisotopic (exact) mass is 921 g/mol. The molecule has 4 atom stereocenters. The summed E-state index contributed by atoms with van der Waals surface area (Å²) in [6.07, 6.45) is 22.3. The van der Waals surface area contributed by atoms with Gasteiger partial charge in [-0.2, -0.15) is 0 Å². The van der Waals surface area contributed by atoms with E-state index in [-0.39, 0.29) is 23.6 Å². The molecule has 71 heavy (non-hydrogen) atoms. The van der Waals surface area contributed by atoms with E-state index in [1.165, 1.54) is 27.8 Å². The summed E-state index contributed by atoms with van der Waals surface area (Å²) in [7, 11) is 1.91. The maximum absolute atomic E-state index is 8.94. The Morgan fingerprint density at radius 2 is 1.44 bits per heavy atom. The van der Waals surface area contributed by atoms with Gasteiger partial charge in [0, 0.05) is 29.4 Å². The zero-order valence-corrected chi connectivity index (χ0v) is 40.0. The average molecular weight is 922 g/mol. The molecule has 346 valence electrons. The lowest BCUT2D eigenvalue weighted by molar-refractivity contribution is 0.141. The van der Waals surface area contributed by atoms with Gasteiger partial charge < -0.3 is 25.7 Å². The van der Waals surface area contributed by atoms with Gasteiger partial charge in [-0.25, -0.2) is 4.98 Å². The number of para-hydroxylation sites is 1. The lowest BCUT2D eigenvalue weighted by Crippen LogP contribution is -2.31. The Morgan fingerprint density at radius 1 is 0.746 bits per heavy atom. The minimum Gasteiger partial charge on any atom is -0.468 e. The topological polar surface area (TPSA) is 73.3 Å². The van der Waals surface area contributed by atoms with Crippen molar-refractivity contribution in [1.29, 1.82) is 5.41 Å². The first-order valence-corrected chi connectivity index (χ1v) is 24.8. The van der Waals surface area contributed by atoms with Crippen LogP contribution in [-0.2, 0) is 10.2 Å². The smallest absolute Gasteiger partial charge is 0.192 e. The fourth-order valence-corrected chi connectivity index (χ4v) is 10.9. The van der Waals surface area contributed by atoms with Crippen LogP contribution in [0, 0.1) is 5.41 Å². The number of nitrogens with one attached hydrogen (secondary N) is 3. The molecule has 4 unspecified atom stereocenters. The highest BCUT2D eigenvalue weighted by Gasteiger charge is 2.47. The quantitative estimate of drug-likeness (QED) is 0.113. The fourth-order valence-electron chi connectivity index (χ4n) is 10.9. The molecule has 0 amide bonds. The van der Waals surface area contributed by atoms with Gasteiger partial charge in [0.25, 0.3) is 0 Å². The first-order valence-electron chi connectivity index (χ1n) is 24.8. The van der Waals surface area contributed by atoms with Crippen LogP contribution in [-0.4, -0.2) is 30.0 Å². The number of nitrogens with zero attached hydrogens (tertiary/aromatic N) is 2. The van der Waals surface area contributed by atoms with E-state index in [0.717, 1.165) is 92.6 Å². The molecule has 0 bridgehead atoms. The van der Waals surface area contributed by atoms with Crippen molar-refractivity contribution in [2.45, 2.75) is 49.8 Å². The fraction of sp³-hybridized carbons (Fsp3) is 0.138. The number of fused-ring (bicyclic) bond motifs is 4. The number of ether oxygens (including phenoxy) is 1. The molecule has 7 aromatic rings. The van der Waals surface area contributed by atoms with E-state index in [9.17, 15) is 0 Å². The van der Waals surface area contributed by atoms with Crippen molar-refractivity contribution in [2.75, 3.05) is 11.9 Å². The molecule has 0 saturated heterocycles. The first-order chi connectivity index (χ1) is 34.9.